The molecular weight excluding hydrogens is 657 g/mol. The van der Waals surface area contributed by atoms with Gasteiger partial charge in [0.25, 0.3) is 14.2 Å². The summed E-state index contributed by atoms with van der Waals surface area (Å²) in [6.45, 7) is 7.20. The molecule has 2 N–H and O–H groups in total. The van der Waals surface area contributed by atoms with Crippen molar-refractivity contribution < 1.29 is 14.0 Å². The summed E-state index contributed by atoms with van der Waals surface area (Å²) in [5, 5.41) is 8.69. The summed E-state index contributed by atoms with van der Waals surface area (Å²) in [5.41, 5.74) is 3.65. The minimum atomic E-state index is -2.84. The lowest BCUT2D eigenvalue weighted by molar-refractivity contribution is -0.116. The predicted molar refractivity (Wildman–Crippen MR) is 199 cm³/mol. The molecule has 0 saturated heterocycles. The van der Waals surface area contributed by atoms with Crippen molar-refractivity contribution >= 4 is 59.8 Å². The lowest BCUT2D eigenvalue weighted by Gasteiger charge is -2.43. The van der Waals surface area contributed by atoms with Crippen LogP contribution >= 0.6 is 23.2 Å². The van der Waals surface area contributed by atoms with Gasteiger partial charge in [-0.2, -0.15) is 0 Å². The molecule has 0 aliphatic heterocycles. The summed E-state index contributed by atoms with van der Waals surface area (Å²) in [7, 11) is -1.25. The number of rotatable bonds is 11. The first-order valence-corrected chi connectivity index (χ1v) is 18.4. The molecule has 0 unspecified atom stereocenters. The Morgan fingerprint density at radius 3 is 2.04 bits per heavy atom. The van der Waals surface area contributed by atoms with E-state index in [9.17, 15) is 9.59 Å². The first kappa shape index (κ1) is 34.9. The van der Waals surface area contributed by atoms with E-state index in [2.05, 4.69) is 79.9 Å². The minimum absolute atomic E-state index is 0.161. The van der Waals surface area contributed by atoms with Crippen LogP contribution in [-0.2, 0) is 22.4 Å². The molecule has 48 heavy (non-hydrogen) atoms. The van der Waals surface area contributed by atoms with Crippen LogP contribution in [0.3, 0.4) is 0 Å². The van der Waals surface area contributed by atoms with Crippen molar-refractivity contribution in [2.45, 2.75) is 39.0 Å². The Labute approximate surface area is 293 Å². The number of nitrogens with one attached hydrogen (secondary N) is 2. The summed E-state index contributed by atoms with van der Waals surface area (Å²) in [6.07, 6.45) is 5.08. The Hall–Kier alpha value is -4.40. The zero-order valence-corrected chi connectivity index (χ0v) is 30.0. The van der Waals surface area contributed by atoms with Gasteiger partial charge in [0.05, 0.1) is 23.9 Å². The highest BCUT2D eigenvalue weighted by molar-refractivity contribution is 6.99. The molecule has 0 radical (unpaired) electrons. The summed E-state index contributed by atoms with van der Waals surface area (Å²) >= 11 is 14.0. The number of hydrogen-bond acceptors (Lipinski definition) is 3. The molecule has 2 amide bonds. The molecule has 246 valence electrons. The van der Waals surface area contributed by atoms with E-state index in [1.54, 1.807) is 37.4 Å². The number of amides is 2. The molecule has 4 aromatic carbocycles. The quantitative estimate of drug-likeness (QED) is 0.111. The van der Waals surface area contributed by atoms with Gasteiger partial charge < -0.3 is 19.6 Å². The Bertz CT molecular complexity index is 1860. The highest BCUT2D eigenvalue weighted by Gasteiger charge is 2.50. The maximum Gasteiger partial charge on any atom is 0.261 e. The number of carbonyl (C=O) groups excluding carboxylic acids is 2. The van der Waals surface area contributed by atoms with Crippen molar-refractivity contribution in [2.24, 2.45) is 0 Å². The largest absolute Gasteiger partial charge is 0.403 e. The van der Waals surface area contributed by atoms with Crippen LogP contribution in [0.4, 0.5) is 0 Å². The number of hydrogen-bond donors (Lipinski definition) is 2. The van der Waals surface area contributed by atoms with Crippen LogP contribution in [0.1, 0.15) is 48.0 Å². The second-order valence-electron chi connectivity index (χ2n) is 12.4. The van der Waals surface area contributed by atoms with Gasteiger partial charge in [0.2, 0.25) is 5.91 Å². The molecule has 0 atom stereocenters. The summed E-state index contributed by atoms with van der Waals surface area (Å²) in [5.74, 6) is -0.411. The topological polar surface area (TPSA) is 72.4 Å². The van der Waals surface area contributed by atoms with Gasteiger partial charge in [-0.25, -0.2) is 0 Å². The molecule has 0 spiro atoms. The maximum absolute atomic E-state index is 12.7. The summed E-state index contributed by atoms with van der Waals surface area (Å²) in [6, 6.07) is 35.5. The van der Waals surface area contributed by atoms with Crippen molar-refractivity contribution in [1.82, 2.24) is 15.2 Å². The lowest BCUT2D eigenvalue weighted by Crippen LogP contribution is -2.66. The van der Waals surface area contributed by atoms with Gasteiger partial charge in [0, 0.05) is 41.2 Å². The van der Waals surface area contributed by atoms with E-state index in [4.69, 9.17) is 27.6 Å². The standard InChI is InChI=1S/C39H39Cl2N3O3Si/c1-39(2,3)48(31-13-7-5-8-14-31,32-15-9-6-10-16-32)47-27-33-34(40)22-23-35(37(33)41)44-25-11-12-30(44)26-43-36(45)24-19-28-17-20-29(21-18-28)38(46)42-4/h5-25H,26-27H2,1-4H3,(H,42,46)(H,43,45). The lowest BCUT2D eigenvalue weighted by atomic mass is 10.1. The molecule has 0 bridgehead atoms. The van der Waals surface area contributed by atoms with E-state index in [0.29, 0.717) is 21.2 Å². The average Bonchev–Trinajstić information content (AvgIpc) is 3.56. The molecule has 9 heteroatoms. The zero-order chi connectivity index (χ0) is 34.3. The van der Waals surface area contributed by atoms with Crippen LogP contribution < -0.4 is 21.0 Å². The van der Waals surface area contributed by atoms with Crippen LogP contribution in [0.25, 0.3) is 11.8 Å². The SMILES string of the molecule is CNC(=O)c1ccc(C=CC(=O)NCc2cccn2-c2ccc(Cl)c(CO[Si](c3ccccc3)(c3ccccc3)C(C)(C)C)c2Cl)cc1. The van der Waals surface area contributed by atoms with Crippen molar-refractivity contribution in [3.8, 4) is 5.69 Å². The highest BCUT2D eigenvalue weighted by atomic mass is 35.5. The number of halogens is 2. The third-order valence-electron chi connectivity index (χ3n) is 8.38. The van der Waals surface area contributed by atoms with E-state index in [-0.39, 0.29) is 30.0 Å². The van der Waals surface area contributed by atoms with Crippen molar-refractivity contribution in [2.75, 3.05) is 7.05 Å². The second-order valence-corrected chi connectivity index (χ2v) is 17.5. The van der Waals surface area contributed by atoms with E-state index < -0.39 is 8.32 Å². The van der Waals surface area contributed by atoms with Gasteiger partial charge in [-0.15, -0.1) is 0 Å². The van der Waals surface area contributed by atoms with Gasteiger partial charge in [-0.05, 0) is 63.4 Å². The fourth-order valence-corrected chi connectivity index (χ4v) is 11.0. The Morgan fingerprint density at radius 1 is 0.833 bits per heavy atom. The van der Waals surface area contributed by atoms with Gasteiger partial charge >= 0.3 is 0 Å². The van der Waals surface area contributed by atoms with Crippen molar-refractivity contribution in [3.05, 3.63) is 154 Å². The number of carbonyl (C=O) groups is 2. The molecule has 1 aromatic heterocycles. The van der Waals surface area contributed by atoms with Gasteiger partial charge in [-0.3, -0.25) is 9.59 Å². The molecule has 1 heterocycles. The van der Waals surface area contributed by atoms with Crippen molar-refractivity contribution in [3.63, 3.8) is 0 Å². The maximum atomic E-state index is 12.7. The molecular formula is C39H39Cl2N3O3Si. The van der Waals surface area contributed by atoms with Crippen LogP contribution in [0.5, 0.6) is 0 Å². The van der Waals surface area contributed by atoms with Crippen LogP contribution in [0, 0.1) is 0 Å². The van der Waals surface area contributed by atoms with Crippen LogP contribution in [-0.4, -0.2) is 31.7 Å². The zero-order valence-electron chi connectivity index (χ0n) is 27.5. The Kier molecular flexibility index (Phi) is 11.1. The van der Waals surface area contributed by atoms with Gasteiger partial charge in [0.1, 0.15) is 0 Å². The third-order valence-corrected chi connectivity index (χ3v) is 14.1. The number of nitrogens with zero attached hydrogens (tertiary/aromatic N) is 1. The fourth-order valence-electron chi connectivity index (χ4n) is 5.94. The smallest absolute Gasteiger partial charge is 0.261 e. The molecule has 5 aromatic rings. The molecule has 0 fully saturated rings. The highest BCUT2D eigenvalue weighted by Crippen LogP contribution is 2.39. The molecule has 6 nitrogen and oxygen atoms in total. The van der Waals surface area contributed by atoms with Crippen LogP contribution in [0.15, 0.2) is 121 Å². The third kappa shape index (κ3) is 7.50. The molecule has 0 saturated carbocycles. The Balaban J connectivity index is 1.37. The minimum Gasteiger partial charge on any atom is -0.403 e. The number of aromatic nitrogens is 1. The molecule has 0 aliphatic rings. The first-order chi connectivity index (χ1) is 23.0. The summed E-state index contributed by atoms with van der Waals surface area (Å²) < 4.78 is 9.11. The van der Waals surface area contributed by atoms with Crippen LogP contribution in [0.2, 0.25) is 15.1 Å². The van der Waals surface area contributed by atoms with Gasteiger partial charge in [0.15, 0.2) is 0 Å². The summed E-state index contributed by atoms with van der Waals surface area (Å²) in [4.78, 5) is 24.5. The molecule has 0 aliphatic carbocycles. The van der Waals surface area contributed by atoms with E-state index in [1.807, 2.05) is 47.2 Å². The predicted octanol–water partition coefficient (Wildman–Crippen LogP) is 7.55. The average molecular weight is 697 g/mol. The Morgan fingerprint density at radius 2 is 1.46 bits per heavy atom. The fraction of sp³-hybridized carbons (Fsp3) is 0.179. The number of benzene rings is 4. The second kappa shape index (κ2) is 15.2. The normalized spacial score (nSPS) is 11.9. The van der Waals surface area contributed by atoms with E-state index in [0.717, 1.165) is 16.9 Å². The van der Waals surface area contributed by atoms with E-state index >= 15 is 0 Å². The van der Waals surface area contributed by atoms with Gasteiger partial charge in [-0.1, -0.05) is 117 Å². The molecule has 5 rings (SSSR count). The monoisotopic (exact) mass is 695 g/mol. The van der Waals surface area contributed by atoms with E-state index in [1.165, 1.54) is 16.4 Å². The first-order valence-electron chi connectivity index (χ1n) is 15.7. The van der Waals surface area contributed by atoms with Crippen molar-refractivity contribution in [1.29, 1.82) is 0 Å².